The standard InChI is InChI=1S/C14H19NO3S/c1-11(14(18)15(2)9-8-13(16)17)19-10-12-6-4-3-5-7-12/h3-7,11H,8-10H2,1-2H3,(H,16,17). The molecule has 0 aromatic heterocycles. The van der Waals surface area contributed by atoms with Gasteiger partial charge in [-0.25, -0.2) is 0 Å². The van der Waals surface area contributed by atoms with Gasteiger partial charge in [-0.3, -0.25) is 9.59 Å². The second-order valence-electron chi connectivity index (χ2n) is 4.34. The van der Waals surface area contributed by atoms with Gasteiger partial charge in [0, 0.05) is 19.3 Å². The highest BCUT2D eigenvalue weighted by Gasteiger charge is 2.18. The van der Waals surface area contributed by atoms with E-state index >= 15 is 0 Å². The molecule has 0 heterocycles. The molecule has 1 unspecified atom stereocenters. The van der Waals surface area contributed by atoms with Crippen molar-refractivity contribution in [2.75, 3.05) is 13.6 Å². The van der Waals surface area contributed by atoms with Crippen LogP contribution in [0, 0.1) is 0 Å². The highest BCUT2D eigenvalue weighted by molar-refractivity contribution is 7.99. The van der Waals surface area contributed by atoms with E-state index in [0.717, 1.165) is 5.75 Å². The summed E-state index contributed by atoms with van der Waals surface area (Å²) in [5.74, 6) is -0.132. The third kappa shape index (κ3) is 5.79. The summed E-state index contributed by atoms with van der Waals surface area (Å²) in [5, 5.41) is 8.42. The predicted octanol–water partition coefficient (Wildman–Crippen LogP) is 2.24. The summed E-state index contributed by atoms with van der Waals surface area (Å²) in [6.07, 6.45) is -0.0156. The number of hydrogen-bond acceptors (Lipinski definition) is 3. The molecule has 19 heavy (non-hydrogen) atoms. The molecule has 104 valence electrons. The Labute approximate surface area is 117 Å². The summed E-state index contributed by atoms with van der Waals surface area (Å²) in [5.41, 5.74) is 1.18. The Morgan fingerprint density at radius 2 is 1.95 bits per heavy atom. The summed E-state index contributed by atoms with van der Waals surface area (Å²) < 4.78 is 0. The van der Waals surface area contributed by atoms with Crippen molar-refractivity contribution in [1.82, 2.24) is 4.90 Å². The summed E-state index contributed by atoms with van der Waals surface area (Å²) in [7, 11) is 1.64. The van der Waals surface area contributed by atoms with Crippen LogP contribution in [0.5, 0.6) is 0 Å². The highest BCUT2D eigenvalue weighted by atomic mass is 32.2. The maximum atomic E-state index is 12.0. The fraction of sp³-hybridized carbons (Fsp3) is 0.429. The zero-order valence-corrected chi connectivity index (χ0v) is 12.0. The molecule has 0 bridgehead atoms. The van der Waals surface area contributed by atoms with Crippen LogP contribution in [0.1, 0.15) is 18.9 Å². The van der Waals surface area contributed by atoms with Crippen LogP contribution in [0.3, 0.4) is 0 Å². The van der Waals surface area contributed by atoms with Crippen LogP contribution in [0.25, 0.3) is 0 Å². The Balaban J connectivity index is 2.38. The topological polar surface area (TPSA) is 57.6 Å². The second kappa shape index (κ2) is 7.84. The molecular weight excluding hydrogens is 262 g/mol. The van der Waals surface area contributed by atoms with Crippen molar-refractivity contribution in [2.45, 2.75) is 24.3 Å². The quantitative estimate of drug-likeness (QED) is 0.832. The fourth-order valence-electron chi connectivity index (χ4n) is 1.55. The Bertz CT molecular complexity index is 422. The van der Waals surface area contributed by atoms with Crippen molar-refractivity contribution < 1.29 is 14.7 Å². The lowest BCUT2D eigenvalue weighted by Gasteiger charge is -2.20. The molecule has 1 aromatic carbocycles. The van der Waals surface area contributed by atoms with Gasteiger partial charge in [0.15, 0.2) is 0 Å². The van der Waals surface area contributed by atoms with Crippen LogP contribution in [0.4, 0.5) is 0 Å². The van der Waals surface area contributed by atoms with E-state index in [1.165, 1.54) is 10.5 Å². The average molecular weight is 281 g/mol. The molecule has 0 aliphatic rings. The van der Waals surface area contributed by atoms with Crippen molar-refractivity contribution in [2.24, 2.45) is 0 Å². The molecule has 0 spiro atoms. The summed E-state index contributed by atoms with van der Waals surface area (Å²) in [4.78, 5) is 23.9. The summed E-state index contributed by atoms with van der Waals surface area (Å²) >= 11 is 1.56. The van der Waals surface area contributed by atoms with Gasteiger partial charge in [0.05, 0.1) is 11.7 Å². The molecule has 0 saturated heterocycles. The molecule has 0 aliphatic carbocycles. The number of amides is 1. The number of thioether (sulfide) groups is 1. The van der Waals surface area contributed by atoms with Gasteiger partial charge in [0.25, 0.3) is 0 Å². The van der Waals surface area contributed by atoms with Crippen molar-refractivity contribution in [3.8, 4) is 0 Å². The molecular formula is C14H19NO3S. The first-order valence-electron chi connectivity index (χ1n) is 6.13. The Hall–Kier alpha value is -1.49. The van der Waals surface area contributed by atoms with Gasteiger partial charge in [-0.15, -0.1) is 11.8 Å². The van der Waals surface area contributed by atoms with Gasteiger partial charge in [-0.1, -0.05) is 30.3 Å². The monoisotopic (exact) mass is 281 g/mol. The van der Waals surface area contributed by atoms with Crippen LogP contribution in [-0.2, 0) is 15.3 Å². The third-order valence-corrected chi connectivity index (χ3v) is 3.93. The smallest absolute Gasteiger partial charge is 0.305 e. The van der Waals surface area contributed by atoms with E-state index in [4.69, 9.17) is 5.11 Å². The second-order valence-corrected chi connectivity index (χ2v) is 5.67. The van der Waals surface area contributed by atoms with E-state index < -0.39 is 5.97 Å². The molecule has 1 rings (SSSR count). The fourth-order valence-corrected chi connectivity index (χ4v) is 2.51. The Kier molecular flexibility index (Phi) is 6.42. The van der Waals surface area contributed by atoms with Crippen molar-refractivity contribution in [3.05, 3.63) is 35.9 Å². The first-order valence-corrected chi connectivity index (χ1v) is 7.18. The summed E-state index contributed by atoms with van der Waals surface area (Å²) in [6, 6.07) is 9.96. The molecule has 0 fully saturated rings. The maximum Gasteiger partial charge on any atom is 0.305 e. The lowest BCUT2D eigenvalue weighted by atomic mass is 10.2. The van der Waals surface area contributed by atoms with E-state index in [2.05, 4.69) is 0 Å². The zero-order chi connectivity index (χ0) is 14.3. The van der Waals surface area contributed by atoms with Gasteiger partial charge in [0.2, 0.25) is 5.91 Å². The number of carboxylic acids is 1. The molecule has 1 atom stereocenters. The Morgan fingerprint density at radius 1 is 1.32 bits per heavy atom. The first kappa shape index (κ1) is 15.6. The van der Waals surface area contributed by atoms with Crippen molar-refractivity contribution in [1.29, 1.82) is 0 Å². The minimum absolute atomic E-state index is 0.0156. The molecule has 1 amide bonds. The molecule has 0 radical (unpaired) electrons. The molecule has 1 aromatic rings. The lowest BCUT2D eigenvalue weighted by Crippen LogP contribution is -2.34. The minimum Gasteiger partial charge on any atom is -0.481 e. The SMILES string of the molecule is CC(SCc1ccccc1)C(=O)N(C)CCC(=O)O. The van der Waals surface area contributed by atoms with Gasteiger partial charge >= 0.3 is 5.97 Å². The normalized spacial score (nSPS) is 11.9. The van der Waals surface area contributed by atoms with Crippen LogP contribution in [-0.4, -0.2) is 40.7 Å². The predicted molar refractivity (Wildman–Crippen MR) is 77.1 cm³/mol. The van der Waals surface area contributed by atoms with Gasteiger partial charge in [0.1, 0.15) is 0 Å². The molecule has 4 nitrogen and oxygen atoms in total. The van der Waals surface area contributed by atoms with E-state index in [0.29, 0.717) is 0 Å². The highest BCUT2D eigenvalue weighted by Crippen LogP contribution is 2.18. The van der Waals surface area contributed by atoms with Gasteiger partial charge in [-0.2, -0.15) is 0 Å². The average Bonchev–Trinajstić information content (AvgIpc) is 2.42. The van der Waals surface area contributed by atoms with E-state index in [-0.39, 0.29) is 24.1 Å². The first-order chi connectivity index (χ1) is 9.00. The van der Waals surface area contributed by atoms with Crippen LogP contribution >= 0.6 is 11.8 Å². The number of benzene rings is 1. The van der Waals surface area contributed by atoms with Gasteiger partial charge < -0.3 is 10.0 Å². The van der Waals surface area contributed by atoms with Crippen molar-refractivity contribution in [3.63, 3.8) is 0 Å². The molecule has 0 saturated carbocycles. The number of carbonyl (C=O) groups is 2. The van der Waals surface area contributed by atoms with Crippen molar-refractivity contribution >= 4 is 23.6 Å². The largest absolute Gasteiger partial charge is 0.481 e. The van der Waals surface area contributed by atoms with E-state index in [1.54, 1.807) is 18.8 Å². The molecule has 0 aliphatic heterocycles. The van der Waals surface area contributed by atoms with E-state index in [1.807, 2.05) is 37.3 Å². The number of rotatable bonds is 7. The Morgan fingerprint density at radius 3 is 2.53 bits per heavy atom. The number of nitrogens with zero attached hydrogens (tertiary/aromatic N) is 1. The number of hydrogen-bond donors (Lipinski definition) is 1. The summed E-state index contributed by atoms with van der Waals surface area (Å²) in [6.45, 7) is 2.11. The van der Waals surface area contributed by atoms with Crippen LogP contribution in [0.15, 0.2) is 30.3 Å². The molecule has 5 heteroatoms. The molecule has 1 N–H and O–H groups in total. The maximum absolute atomic E-state index is 12.0. The number of carboxylic acid groups (broad SMARTS) is 1. The third-order valence-electron chi connectivity index (χ3n) is 2.73. The van der Waals surface area contributed by atoms with Gasteiger partial charge in [-0.05, 0) is 12.5 Å². The zero-order valence-electron chi connectivity index (χ0n) is 11.2. The number of carbonyl (C=O) groups excluding carboxylic acids is 1. The van der Waals surface area contributed by atoms with Crippen LogP contribution < -0.4 is 0 Å². The lowest BCUT2D eigenvalue weighted by molar-refractivity contribution is -0.138. The van der Waals surface area contributed by atoms with E-state index in [9.17, 15) is 9.59 Å². The minimum atomic E-state index is -0.885. The van der Waals surface area contributed by atoms with Crippen LogP contribution in [0.2, 0.25) is 0 Å². The number of aliphatic carboxylic acids is 1.